The maximum absolute atomic E-state index is 13.9. The van der Waals surface area contributed by atoms with Crippen LogP contribution in [0.4, 0.5) is 30.4 Å². The number of pyridine rings is 1. The summed E-state index contributed by atoms with van der Waals surface area (Å²) < 4.78 is 68.9. The molecule has 0 spiro atoms. The van der Waals surface area contributed by atoms with Crippen LogP contribution in [0.2, 0.25) is 0 Å². The fourth-order valence-corrected chi connectivity index (χ4v) is 5.32. The zero-order valence-corrected chi connectivity index (χ0v) is 20.0. The van der Waals surface area contributed by atoms with Crippen molar-refractivity contribution in [3.8, 4) is 0 Å². The number of aryl methyl sites for hydroxylation is 1. The highest BCUT2D eigenvalue weighted by molar-refractivity contribution is 7.92. The SMILES string of the molecule is Cc1ccc(S(=O)(=O)N2Cc3ccc(C(F)(F)F)nc3Nc3cccc(C(C)(C)C(N)=O)c32)cc1. The number of anilines is 3. The molecule has 4 rings (SSSR count). The van der Waals surface area contributed by atoms with Crippen LogP contribution < -0.4 is 15.4 Å². The zero-order chi connectivity index (χ0) is 25.8. The van der Waals surface area contributed by atoms with Gasteiger partial charge >= 0.3 is 6.18 Å². The van der Waals surface area contributed by atoms with Crippen molar-refractivity contribution in [1.82, 2.24) is 4.98 Å². The minimum absolute atomic E-state index is 0.0101. The highest BCUT2D eigenvalue weighted by atomic mass is 32.2. The highest BCUT2D eigenvalue weighted by Gasteiger charge is 2.39. The van der Waals surface area contributed by atoms with Crippen LogP contribution in [0.1, 0.15) is 36.2 Å². The Morgan fingerprint density at radius 2 is 1.71 bits per heavy atom. The van der Waals surface area contributed by atoms with Gasteiger partial charge in [0.05, 0.1) is 28.2 Å². The fraction of sp³-hybridized carbons (Fsp3) is 0.250. The second-order valence-electron chi connectivity index (χ2n) is 8.84. The van der Waals surface area contributed by atoms with Crippen LogP contribution in [0.5, 0.6) is 0 Å². The Morgan fingerprint density at radius 1 is 1.06 bits per heavy atom. The van der Waals surface area contributed by atoms with Crippen molar-refractivity contribution in [2.24, 2.45) is 5.73 Å². The van der Waals surface area contributed by atoms with Crippen LogP contribution in [0.25, 0.3) is 0 Å². The summed E-state index contributed by atoms with van der Waals surface area (Å²) in [5.74, 6) is -0.825. The van der Waals surface area contributed by atoms with E-state index in [9.17, 15) is 26.4 Å². The number of primary amides is 1. The summed E-state index contributed by atoms with van der Waals surface area (Å²) in [6.07, 6.45) is -4.69. The van der Waals surface area contributed by atoms with E-state index in [0.29, 0.717) is 5.56 Å². The van der Waals surface area contributed by atoms with Crippen molar-refractivity contribution in [1.29, 1.82) is 0 Å². The highest BCUT2D eigenvalue weighted by Crippen LogP contribution is 2.45. The third-order valence-corrected chi connectivity index (χ3v) is 7.78. The molecular weight excluding hydrogens is 481 g/mol. The molecule has 0 saturated heterocycles. The number of alkyl halides is 3. The van der Waals surface area contributed by atoms with Crippen molar-refractivity contribution in [2.75, 3.05) is 9.62 Å². The average Bonchev–Trinajstić information content (AvgIpc) is 2.95. The molecule has 1 amide bonds. The van der Waals surface area contributed by atoms with Crippen molar-refractivity contribution in [2.45, 2.75) is 43.8 Å². The summed E-state index contributed by atoms with van der Waals surface area (Å²) in [6.45, 7) is 4.61. The molecule has 0 radical (unpaired) electrons. The maximum atomic E-state index is 13.9. The Labute approximate surface area is 200 Å². The Kier molecular flexibility index (Phi) is 5.79. The lowest BCUT2D eigenvalue weighted by molar-refractivity contribution is -0.141. The van der Waals surface area contributed by atoms with Crippen molar-refractivity contribution >= 4 is 33.1 Å². The largest absolute Gasteiger partial charge is 0.433 e. The van der Waals surface area contributed by atoms with Crippen LogP contribution in [0.15, 0.2) is 59.5 Å². The molecule has 0 aliphatic carbocycles. The lowest BCUT2D eigenvalue weighted by Crippen LogP contribution is -2.39. The van der Waals surface area contributed by atoms with Gasteiger partial charge < -0.3 is 11.1 Å². The number of carbonyl (C=O) groups excluding carboxylic acids is 1. The molecule has 2 heterocycles. The van der Waals surface area contributed by atoms with Gasteiger partial charge in [0, 0.05) is 5.56 Å². The van der Waals surface area contributed by atoms with E-state index in [4.69, 9.17) is 5.73 Å². The molecule has 1 aliphatic heterocycles. The topological polar surface area (TPSA) is 105 Å². The number of hydrogen-bond acceptors (Lipinski definition) is 5. The van der Waals surface area contributed by atoms with E-state index < -0.39 is 33.2 Å². The first kappa shape index (κ1) is 24.5. The summed E-state index contributed by atoms with van der Waals surface area (Å²) in [7, 11) is -4.21. The van der Waals surface area contributed by atoms with E-state index in [2.05, 4.69) is 10.3 Å². The molecule has 0 fully saturated rings. The molecule has 2 aromatic carbocycles. The number of amides is 1. The summed E-state index contributed by atoms with van der Waals surface area (Å²) in [4.78, 5) is 16.0. The van der Waals surface area contributed by atoms with E-state index in [-0.39, 0.29) is 34.2 Å². The molecule has 3 aromatic rings. The molecule has 0 atom stereocenters. The quantitative estimate of drug-likeness (QED) is 0.539. The van der Waals surface area contributed by atoms with Crippen molar-refractivity contribution in [3.05, 3.63) is 77.0 Å². The van der Waals surface area contributed by atoms with Gasteiger partial charge in [-0.05, 0) is 50.6 Å². The Hall–Kier alpha value is -3.60. The number of para-hydroxylation sites is 1. The van der Waals surface area contributed by atoms with E-state index in [0.717, 1.165) is 15.9 Å². The number of benzene rings is 2. The molecule has 1 aliphatic rings. The number of carbonyl (C=O) groups is 1. The van der Waals surface area contributed by atoms with E-state index in [1.807, 2.05) is 6.92 Å². The Bertz CT molecular complexity index is 1420. The Balaban J connectivity index is 2.01. The second-order valence-corrected chi connectivity index (χ2v) is 10.7. The number of sulfonamides is 1. The predicted octanol–water partition coefficient (Wildman–Crippen LogP) is 4.62. The first-order chi connectivity index (χ1) is 16.2. The predicted molar refractivity (Wildman–Crippen MR) is 126 cm³/mol. The summed E-state index contributed by atoms with van der Waals surface area (Å²) in [5, 5.41) is 2.86. The normalized spacial score (nSPS) is 13.9. The number of rotatable bonds is 4. The molecule has 184 valence electrons. The third kappa shape index (κ3) is 4.31. The summed E-state index contributed by atoms with van der Waals surface area (Å²) in [6, 6.07) is 12.9. The maximum Gasteiger partial charge on any atom is 0.433 e. The van der Waals surface area contributed by atoms with Gasteiger partial charge in [0.15, 0.2) is 0 Å². The number of nitrogens with two attached hydrogens (primary N) is 1. The third-order valence-electron chi connectivity index (χ3n) is 6.02. The fourth-order valence-electron chi connectivity index (χ4n) is 3.84. The van der Waals surface area contributed by atoms with Crippen LogP contribution in [0.3, 0.4) is 0 Å². The van der Waals surface area contributed by atoms with Gasteiger partial charge in [0.2, 0.25) is 5.91 Å². The molecule has 11 heteroatoms. The first-order valence-electron chi connectivity index (χ1n) is 10.6. The van der Waals surface area contributed by atoms with Gasteiger partial charge in [-0.25, -0.2) is 13.4 Å². The molecule has 3 N–H and O–H groups in total. The summed E-state index contributed by atoms with van der Waals surface area (Å²) >= 11 is 0. The number of nitrogens with zero attached hydrogens (tertiary/aromatic N) is 2. The van der Waals surface area contributed by atoms with Gasteiger partial charge in [0.25, 0.3) is 10.0 Å². The second kappa shape index (κ2) is 8.26. The first-order valence-corrected chi connectivity index (χ1v) is 12.0. The molecule has 7 nitrogen and oxygen atoms in total. The van der Waals surface area contributed by atoms with Gasteiger partial charge in [-0.3, -0.25) is 9.10 Å². The zero-order valence-electron chi connectivity index (χ0n) is 19.1. The van der Waals surface area contributed by atoms with E-state index in [1.54, 1.807) is 38.1 Å². The molecule has 0 saturated carbocycles. The van der Waals surface area contributed by atoms with Gasteiger partial charge in [-0.1, -0.05) is 35.9 Å². The smallest absolute Gasteiger partial charge is 0.369 e. The number of nitrogens with one attached hydrogen (secondary N) is 1. The van der Waals surface area contributed by atoms with Crippen molar-refractivity contribution < 1.29 is 26.4 Å². The van der Waals surface area contributed by atoms with Crippen LogP contribution in [-0.4, -0.2) is 19.3 Å². The monoisotopic (exact) mass is 504 g/mol. The van der Waals surface area contributed by atoms with E-state index >= 15 is 0 Å². The molecule has 0 unspecified atom stereocenters. The van der Waals surface area contributed by atoms with Gasteiger partial charge in [0.1, 0.15) is 11.5 Å². The lowest BCUT2D eigenvalue weighted by Gasteiger charge is -2.31. The minimum Gasteiger partial charge on any atom is -0.369 e. The van der Waals surface area contributed by atoms with Crippen LogP contribution in [0, 0.1) is 6.92 Å². The molecule has 1 aromatic heterocycles. The van der Waals surface area contributed by atoms with E-state index in [1.165, 1.54) is 24.3 Å². The Morgan fingerprint density at radius 3 is 2.31 bits per heavy atom. The van der Waals surface area contributed by atoms with Crippen LogP contribution in [-0.2, 0) is 33.0 Å². The lowest BCUT2D eigenvalue weighted by atomic mass is 9.82. The number of aromatic nitrogens is 1. The van der Waals surface area contributed by atoms with Crippen LogP contribution >= 0.6 is 0 Å². The van der Waals surface area contributed by atoms with Crippen molar-refractivity contribution in [3.63, 3.8) is 0 Å². The van der Waals surface area contributed by atoms with Gasteiger partial charge in [-0.2, -0.15) is 13.2 Å². The van der Waals surface area contributed by atoms with Gasteiger partial charge in [-0.15, -0.1) is 0 Å². The number of fused-ring (bicyclic) bond motifs is 2. The minimum atomic E-state index is -4.69. The molecular formula is C24H23F3N4O3S. The number of hydrogen-bond donors (Lipinski definition) is 2. The number of halogens is 3. The molecule has 0 bridgehead atoms. The molecule has 35 heavy (non-hydrogen) atoms. The summed E-state index contributed by atoms with van der Waals surface area (Å²) in [5.41, 5.74) is 4.91. The average molecular weight is 505 g/mol. The standard InChI is InChI=1S/C24H23F3N4O3S/c1-14-7-10-16(11-8-14)35(33,34)31-13-15-9-12-19(24(25,26)27)30-21(15)29-18-6-4-5-17(20(18)31)23(2,3)22(28)32/h4-12H,13H2,1-3H3,(H2,28,32)(H,29,30).